The van der Waals surface area contributed by atoms with E-state index in [-0.39, 0.29) is 0 Å². The fourth-order valence-electron chi connectivity index (χ4n) is 1.69. The summed E-state index contributed by atoms with van der Waals surface area (Å²) in [6, 6.07) is 0.683. The molecule has 0 aromatic carbocycles. The van der Waals surface area contributed by atoms with Crippen molar-refractivity contribution in [2.24, 2.45) is 5.92 Å². The highest BCUT2D eigenvalue weighted by Crippen LogP contribution is 2.02. The van der Waals surface area contributed by atoms with Crippen molar-refractivity contribution in [1.82, 2.24) is 10.2 Å². The lowest BCUT2D eigenvalue weighted by Gasteiger charge is -2.32. The molecule has 2 heteroatoms. The molecule has 1 fully saturated rings. The molecule has 66 valence electrons. The minimum absolute atomic E-state index is 0.683. The highest BCUT2D eigenvalue weighted by Gasteiger charge is 2.15. The lowest BCUT2D eigenvalue weighted by molar-refractivity contribution is 0.188. The third kappa shape index (κ3) is 3.21. The zero-order chi connectivity index (χ0) is 8.27. The second-order valence-electron chi connectivity index (χ2n) is 4.01. The molecule has 0 amide bonds. The molecule has 0 saturated carbocycles. The number of nitrogens with zero attached hydrogens (tertiary/aromatic N) is 1. The van der Waals surface area contributed by atoms with Gasteiger partial charge in [-0.25, -0.2) is 0 Å². The molecule has 11 heavy (non-hydrogen) atoms. The van der Waals surface area contributed by atoms with E-state index in [2.05, 4.69) is 31.0 Å². The first-order valence-electron chi connectivity index (χ1n) is 4.64. The van der Waals surface area contributed by atoms with Gasteiger partial charge in [0.15, 0.2) is 0 Å². The summed E-state index contributed by atoms with van der Waals surface area (Å²) in [4.78, 5) is 2.55. The summed E-state index contributed by atoms with van der Waals surface area (Å²) >= 11 is 0. The van der Waals surface area contributed by atoms with Crippen LogP contribution in [-0.2, 0) is 0 Å². The topological polar surface area (TPSA) is 15.3 Å². The molecule has 0 aromatic rings. The Morgan fingerprint density at radius 1 is 1.55 bits per heavy atom. The molecule has 1 rings (SSSR count). The molecule has 1 unspecified atom stereocenters. The molecule has 0 aromatic heterocycles. The van der Waals surface area contributed by atoms with Crippen LogP contribution >= 0.6 is 0 Å². The maximum atomic E-state index is 3.44. The second kappa shape index (κ2) is 4.07. The minimum atomic E-state index is 0.683. The zero-order valence-corrected chi connectivity index (χ0v) is 7.93. The van der Waals surface area contributed by atoms with Crippen LogP contribution in [0.25, 0.3) is 0 Å². The Bertz CT molecular complexity index is 110. The number of hydrogen-bond donors (Lipinski definition) is 1. The van der Waals surface area contributed by atoms with Crippen LogP contribution in [0.2, 0.25) is 0 Å². The van der Waals surface area contributed by atoms with Crippen LogP contribution in [0.1, 0.15) is 20.8 Å². The smallest absolute Gasteiger partial charge is 0.0167 e. The third-order valence-electron chi connectivity index (χ3n) is 2.08. The van der Waals surface area contributed by atoms with E-state index in [4.69, 9.17) is 0 Å². The van der Waals surface area contributed by atoms with Gasteiger partial charge < -0.3 is 10.2 Å². The summed E-state index contributed by atoms with van der Waals surface area (Å²) in [5.74, 6) is 0.806. The maximum Gasteiger partial charge on any atom is 0.0167 e. The van der Waals surface area contributed by atoms with Crippen LogP contribution in [0.4, 0.5) is 0 Å². The molecule has 1 saturated heterocycles. The van der Waals surface area contributed by atoms with Crippen LogP contribution in [0.3, 0.4) is 0 Å². The normalized spacial score (nSPS) is 27.8. The van der Waals surface area contributed by atoms with Gasteiger partial charge in [-0.3, -0.25) is 0 Å². The van der Waals surface area contributed by atoms with E-state index in [0.717, 1.165) is 12.5 Å². The molecule has 0 bridgehead atoms. The van der Waals surface area contributed by atoms with E-state index >= 15 is 0 Å². The Kier molecular flexibility index (Phi) is 3.34. The fourth-order valence-corrected chi connectivity index (χ4v) is 1.69. The van der Waals surface area contributed by atoms with Crippen LogP contribution in [0.5, 0.6) is 0 Å². The predicted molar refractivity (Wildman–Crippen MR) is 48.7 cm³/mol. The molecular formula is C9H20N2. The highest BCUT2D eigenvalue weighted by atomic mass is 15.2. The van der Waals surface area contributed by atoms with Crippen molar-refractivity contribution in [3.8, 4) is 0 Å². The van der Waals surface area contributed by atoms with Gasteiger partial charge in [0.2, 0.25) is 0 Å². The van der Waals surface area contributed by atoms with Crippen LogP contribution in [0.15, 0.2) is 0 Å². The summed E-state index contributed by atoms with van der Waals surface area (Å²) in [7, 11) is 0. The molecule has 2 nitrogen and oxygen atoms in total. The molecule has 1 atom stereocenters. The van der Waals surface area contributed by atoms with E-state index in [9.17, 15) is 0 Å². The Hall–Kier alpha value is -0.0800. The number of piperazine rings is 1. The van der Waals surface area contributed by atoms with Gasteiger partial charge >= 0.3 is 0 Å². The summed E-state index contributed by atoms with van der Waals surface area (Å²) < 4.78 is 0. The molecule has 1 N–H and O–H groups in total. The van der Waals surface area contributed by atoms with Crippen molar-refractivity contribution >= 4 is 0 Å². The zero-order valence-electron chi connectivity index (χ0n) is 7.93. The van der Waals surface area contributed by atoms with Gasteiger partial charge in [0.05, 0.1) is 0 Å². The Morgan fingerprint density at radius 2 is 2.27 bits per heavy atom. The summed E-state index contributed by atoms with van der Waals surface area (Å²) in [6.45, 7) is 11.7. The first kappa shape index (κ1) is 9.01. The van der Waals surface area contributed by atoms with E-state index in [1.807, 2.05) is 0 Å². The highest BCUT2D eigenvalue weighted by molar-refractivity contribution is 4.75. The van der Waals surface area contributed by atoms with E-state index in [1.54, 1.807) is 0 Å². The first-order valence-corrected chi connectivity index (χ1v) is 4.64. The number of nitrogens with one attached hydrogen (secondary N) is 1. The quantitative estimate of drug-likeness (QED) is 0.640. The van der Waals surface area contributed by atoms with Crippen LogP contribution in [0, 0.1) is 5.92 Å². The predicted octanol–water partition coefficient (Wildman–Crippen LogP) is 0.936. The largest absolute Gasteiger partial charge is 0.312 e. The standard InChI is InChI=1S/C9H20N2/c1-8(2)6-11-5-4-10-9(3)7-11/h8-10H,4-7H2,1-3H3. The molecule has 1 heterocycles. The van der Waals surface area contributed by atoms with Gasteiger partial charge in [-0.05, 0) is 12.8 Å². The van der Waals surface area contributed by atoms with Gasteiger partial charge in [-0.1, -0.05) is 13.8 Å². The summed E-state index contributed by atoms with van der Waals surface area (Å²) in [5, 5.41) is 3.44. The minimum Gasteiger partial charge on any atom is -0.312 e. The molecule has 0 spiro atoms. The third-order valence-corrected chi connectivity index (χ3v) is 2.08. The first-order chi connectivity index (χ1) is 5.18. The van der Waals surface area contributed by atoms with Crippen LogP contribution in [-0.4, -0.2) is 37.1 Å². The number of hydrogen-bond acceptors (Lipinski definition) is 2. The van der Waals surface area contributed by atoms with Gasteiger partial charge in [-0.15, -0.1) is 0 Å². The average Bonchev–Trinajstić information content (AvgIpc) is 1.85. The maximum absolute atomic E-state index is 3.44. The van der Waals surface area contributed by atoms with Crippen molar-refractivity contribution in [3.05, 3.63) is 0 Å². The van der Waals surface area contributed by atoms with Crippen molar-refractivity contribution in [1.29, 1.82) is 0 Å². The monoisotopic (exact) mass is 156 g/mol. The Morgan fingerprint density at radius 3 is 2.82 bits per heavy atom. The van der Waals surface area contributed by atoms with Crippen molar-refractivity contribution in [2.45, 2.75) is 26.8 Å². The molecule has 0 aliphatic carbocycles. The lowest BCUT2D eigenvalue weighted by Crippen LogP contribution is -2.50. The molecule has 0 radical (unpaired) electrons. The fraction of sp³-hybridized carbons (Fsp3) is 1.00. The van der Waals surface area contributed by atoms with E-state index in [1.165, 1.54) is 19.6 Å². The second-order valence-corrected chi connectivity index (χ2v) is 4.01. The van der Waals surface area contributed by atoms with Gasteiger partial charge in [-0.2, -0.15) is 0 Å². The number of rotatable bonds is 2. The lowest BCUT2D eigenvalue weighted by atomic mass is 10.1. The van der Waals surface area contributed by atoms with E-state index in [0.29, 0.717) is 6.04 Å². The van der Waals surface area contributed by atoms with Gasteiger partial charge in [0.1, 0.15) is 0 Å². The Labute approximate surface area is 70.0 Å². The van der Waals surface area contributed by atoms with E-state index < -0.39 is 0 Å². The van der Waals surface area contributed by atoms with Gasteiger partial charge in [0.25, 0.3) is 0 Å². The van der Waals surface area contributed by atoms with Crippen molar-refractivity contribution in [3.63, 3.8) is 0 Å². The van der Waals surface area contributed by atoms with Gasteiger partial charge in [0, 0.05) is 32.2 Å². The van der Waals surface area contributed by atoms with Crippen molar-refractivity contribution in [2.75, 3.05) is 26.2 Å². The molecular weight excluding hydrogens is 136 g/mol. The molecule has 1 aliphatic rings. The Balaban J connectivity index is 2.23. The average molecular weight is 156 g/mol. The van der Waals surface area contributed by atoms with Crippen LogP contribution < -0.4 is 5.32 Å². The van der Waals surface area contributed by atoms with Crippen molar-refractivity contribution < 1.29 is 0 Å². The molecule has 1 aliphatic heterocycles. The summed E-state index contributed by atoms with van der Waals surface area (Å²) in [6.07, 6.45) is 0. The SMILES string of the molecule is CC(C)CN1CCNC(C)C1. The summed E-state index contributed by atoms with van der Waals surface area (Å²) in [5.41, 5.74) is 0.